The molecule has 2 atom stereocenters. The maximum absolute atomic E-state index is 14.3. The van der Waals surface area contributed by atoms with E-state index in [9.17, 15) is 31.5 Å². The Bertz CT molecular complexity index is 1160. The van der Waals surface area contributed by atoms with Crippen LogP contribution in [0.4, 0.5) is 13.2 Å². The van der Waals surface area contributed by atoms with Gasteiger partial charge in [-0.2, -0.15) is 17.5 Å². The van der Waals surface area contributed by atoms with Gasteiger partial charge in [0.2, 0.25) is 23.1 Å². The van der Waals surface area contributed by atoms with Crippen molar-refractivity contribution in [2.75, 3.05) is 39.3 Å². The molecule has 12 heteroatoms. The zero-order valence-electron chi connectivity index (χ0n) is 20.0. The number of carbonyl (C=O) groups is 2. The first-order chi connectivity index (χ1) is 17.6. The van der Waals surface area contributed by atoms with E-state index in [0.29, 0.717) is 18.2 Å². The molecule has 0 radical (unpaired) electrons. The van der Waals surface area contributed by atoms with Gasteiger partial charge in [0.15, 0.2) is 0 Å². The summed E-state index contributed by atoms with van der Waals surface area (Å²) in [5.41, 5.74) is 0.199. The average molecular weight is 539 g/mol. The van der Waals surface area contributed by atoms with E-state index < -0.39 is 41.8 Å². The van der Waals surface area contributed by atoms with Crippen LogP contribution in [0.5, 0.6) is 0 Å². The lowest BCUT2D eigenvalue weighted by Crippen LogP contribution is -2.47. The van der Waals surface area contributed by atoms with E-state index in [4.69, 9.17) is 6.42 Å². The number of carbonyl (C=O) groups excluding carboxylic acids is 2. The summed E-state index contributed by atoms with van der Waals surface area (Å²) in [6.07, 6.45) is 1.28. The van der Waals surface area contributed by atoms with E-state index in [1.165, 1.54) is 11.0 Å². The van der Waals surface area contributed by atoms with Crippen molar-refractivity contribution in [3.8, 4) is 12.3 Å². The van der Waals surface area contributed by atoms with Crippen molar-refractivity contribution in [2.24, 2.45) is 5.92 Å². The molecule has 2 unspecified atom stereocenters. The van der Waals surface area contributed by atoms with Crippen molar-refractivity contribution in [1.82, 2.24) is 19.8 Å². The fraction of sp³-hybridized carbons (Fsp3) is 0.440. The monoisotopic (exact) mass is 538 g/mol. The van der Waals surface area contributed by atoms with Crippen molar-refractivity contribution in [3.63, 3.8) is 0 Å². The maximum atomic E-state index is 14.3. The largest absolute Gasteiger partial charge is 0.408 e. The molecule has 1 aliphatic rings. The van der Waals surface area contributed by atoms with Gasteiger partial charge in [0.05, 0.1) is 19.6 Å². The molecule has 1 heterocycles. The summed E-state index contributed by atoms with van der Waals surface area (Å²) in [7, 11) is 0. The molecule has 2 amide bonds. The normalized spacial score (nSPS) is 16.8. The number of piperidine rings is 1. The molecule has 3 rings (SSSR count). The Hall–Kier alpha value is -2.98. The first-order valence-corrected chi connectivity index (χ1v) is 12.8. The minimum absolute atomic E-state index is 0.00980. The van der Waals surface area contributed by atoms with E-state index in [2.05, 4.69) is 16.6 Å². The van der Waals surface area contributed by atoms with Crippen LogP contribution < -0.4 is 10.6 Å². The predicted octanol–water partition coefficient (Wildman–Crippen LogP) is 2.46. The molecule has 3 N–H and O–H groups in total. The molecule has 0 saturated carbocycles. The van der Waals surface area contributed by atoms with Gasteiger partial charge in [0.1, 0.15) is 6.04 Å². The van der Waals surface area contributed by atoms with Crippen LogP contribution in [0, 0.1) is 18.3 Å². The molecule has 0 aromatic heterocycles. The van der Waals surface area contributed by atoms with Crippen LogP contribution in [0.15, 0.2) is 42.5 Å². The lowest BCUT2D eigenvalue weighted by atomic mass is 9.92. The third kappa shape index (κ3) is 8.00. The Morgan fingerprint density at radius 3 is 2.46 bits per heavy atom. The third-order valence-corrected chi connectivity index (χ3v) is 7.00. The molecule has 1 fully saturated rings. The highest BCUT2D eigenvalue weighted by molar-refractivity contribution is 7.76. The van der Waals surface area contributed by atoms with Crippen molar-refractivity contribution in [3.05, 3.63) is 48.0 Å². The van der Waals surface area contributed by atoms with Gasteiger partial charge in [-0.1, -0.05) is 48.4 Å². The topological polar surface area (TPSA) is 102 Å². The lowest BCUT2D eigenvalue weighted by molar-refractivity contribution is -0.189. The third-order valence-electron chi connectivity index (χ3n) is 6.28. The standard InChI is InChI=1S/C25H29F3N4O4S/c1-2-12-29-22(33)15-30-23(34)17-32(37(35)36)16-18-10-13-31(14-11-18)24(25(26,27)28)21-9-5-7-19-6-3-4-8-20(19)21/h1,3-9,18,24H,10-17H2,(H,29,33)(H,30,34)(H,35,36). The van der Waals surface area contributed by atoms with Gasteiger partial charge in [0, 0.05) is 6.54 Å². The number of fused-ring (bicyclic) bond motifs is 1. The zero-order valence-corrected chi connectivity index (χ0v) is 20.9. The van der Waals surface area contributed by atoms with Gasteiger partial charge >= 0.3 is 6.18 Å². The van der Waals surface area contributed by atoms with E-state index in [-0.39, 0.29) is 44.2 Å². The summed E-state index contributed by atoms with van der Waals surface area (Å²) in [6.45, 7) is -0.420. The van der Waals surface area contributed by atoms with E-state index in [1.54, 1.807) is 36.4 Å². The molecule has 1 saturated heterocycles. The summed E-state index contributed by atoms with van der Waals surface area (Å²) >= 11 is -2.47. The Labute approximate surface area is 216 Å². The van der Waals surface area contributed by atoms with Gasteiger partial charge < -0.3 is 10.6 Å². The molecule has 2 aromatic carbocycles. The van der Waals surface area contributed by atoms with E-state index in [1.807, 2.05) is 0 Å². The number of hydrogen-bond acceptors (Lipinski definition) is 4. The second-order valence-electron chi connectivity index (χ2n) is 8.80. The summed E-state index contributed by atoms with van der Waals surface area (Å²) in [6, 6.07) is 10.1. The summed E-state index contributed by atoms with van der Waals surface area (Å²) < 4.78 is 65.3. The number of amides is 2. The van der Waals surface area contributed by atoms with Gasteiger partial charge in [0.25, 0.3) is 0 Å². The van der Waals surface area contributed by atoms with Crippen LogP contribution in [0.1, 0.15) is 24.4 Å². The number of likely N-dealkylation sites (tertiary alicyclic amines) is 1. The predicted molar refractivity (Wildman–Crippen MR) is 134 cm³/mol. The highest BCUT2D eigenvalue weighted by Crippen LogP contribution is 2.42. The number of rotatable bonds is 10. The molecule has 0 aliphatic carbocycles. The minimum Gasteiger partial charge on any atom is -0.346 e. The van der Waals surface area contributed by atoms with Crippen molar-refractivity contribution >= 4 is 33.9 Å². The minimum atomic E-state index is -4.49. The van der Waals surface area contributed by atoms with Gasteiger partial charge in [-0.15, -0.1) is 6.42 Å². The Balaban J connectivity index is 1.61. The van der Waals surface area contributed by atoms with Crippen molar-refractivity contribution in [2.45, 2.75) is 25.1 Å². The van der Waals surface area contributed by atoms with Crippen LogP contribution in [-0.2, 0) is 20.9 Å². The lowest BCUT2D eigenvalue weighted by Gasteiger charge is -2.39. The maximum Gasteiger partial charge on any atom is 0.408 e. The molecule has 0 bridgehead atoms. The molecule has 0 spiro atoms. The fourth-order valence-electron chi connectivity index (χ4n) is 4.54. The van der Waals surface area contributed by atoms with Crippen LogP contribution in [0.25, 0.3) is 10.8 Å². The van der Waals surface area contributed by atoms with Crippen LogP contribution in [-0.4, -0.2) is 75.2 Å². The summed E-state index contributed by atoms with van der Waals surface area (Å²) in [4.78, 5) is 25.1. The number of hydrogen-bond donors (Lipinski definition) is 3. The number of benzene rings is 2. The van der Waals surface area contributed by atoms with Crippen LogP contribution >= 0.6 is 0 Å². The Morgan fingerprint density at radius 2 is 1.81 bits per heavy atom. The fourth-order valence-corrected chi connectivity index (χ4v) is 5.11. The first kappa shape index (κ1) is 28.6. The smallest absolute Gasteiger partial charge is 0.346 e. The average Bonchev–Trinajstić information content (AvgIpc) is 2.86. The second-order valence-corrected chi connectivity index (χ2v) is 9.78. The van der Waals surface area contributed by atoms with Crippen molar-refractivity contribution < 1.29 is 31.5 Å². The molecule has 37 heavy (non-hydrogen) atoms. The number of terminal acetylenes is 1. The molecule has 8 nitrogen and oxygen atoms in total. The Morgan fingerprint density at radius 1 is 1.14 bits per heavy atom. The highest BCUT2D eigenvalue weighted by Gasteiger charge is 2.46. The van der Waals surface area contributed by atoms with E-state index in [0.717, 1.165) is 9.69 Å². The van der Waals surface area contributed by atoms with Crippen LogP contribution in [0.3, 0.4) is 0 Å². The van der Waals surface area contributed by atoms with E-state index >= 15 is 0 Å². The SMILES string of the molecule is C#CCNC(=O)CNC(=O)CN(CC1CCN(C(c2cccc3ccccc23)C(F)(F)F)CC1)S(=O)O. The molecule has 200 valence electrons. The second kappa shape index (κ2) is 13.0. The number of nitrogens with zero attached hydrogens (tertiary/aromatic N) is 2. The van der Waals surface area contributed by atoms with Gasteiger partial charge in [-0.25, -0.2) is 4.21 Å². The van der Waals surface area contributed by atoms with Gasteiger partial charge in [-0.3, -0.25) is 19.0 Å². The number of alkyl halides is 3. The molecular formula is C25H29F3N4O4S. The summed E-state index contributed by atoms with van der Waals surface area (Å²) in [5, 5.41) is 6.01. The first-order valence-electron chi connectivity index (χ1n) is 11.7. The van der Waals surface area contributed by atoms with Gasteiger partial charge in [-0.05, 0) is 48.2 Å². The molecule has 2 aromatic rings. The zero-order chi connectivity index (χ0) is 27.0. The summed E-state index contributed by atoms with van der Waals surface area (Å²) in [5.74, 6) is 0.907. The van der Waals surface area contributed by atoms with Crippen molar-refractivity contribution in [1.29, 1.82) is 0 Å². The quantitative estimate of drug-likeness (QED) is 0.319. The number of halogens is 3. The number of nitrogens with one attached hydrogen (secondary N) is 2. The highest BCUT2D eigenvalue weighted by atomic mass is 32.2. The molecular weight excluding hydrogens is 509 g/mol. The van der Waals surface area contributed by atoms with Crippen LogP contribution in [0.2, 0.25) is 0 Å². The molecule has 1 aliphatic heterocycles. The Kier molecular flexibility index (Phi) is 10.0.